The highest BCUT2D eigenvalue weighted by Crippen LogP contribution is 2.18. The second-order valence-electron chi connectivity index (χ2n) is 7.08. The van der Waals surface area contributed by atoms with E-state index in [1.807, 2.05) is 68.4 Å². The fourth-order valence-corrected chi connectivity index (χ4v) is 2.97. The summed E-state index contributed by atoms with van der Waals surface area (Å²) >= 11 is 5.91. The molecule has 0 unspecified atom stereocenters. The summed E-state index contributed by atoms with van der Waals surface area (Å²) in [6, 6.07) is 24.9. The highest BCUT2D eigenvalue weighted by molar-refractivity contribution is 6.30. The molecule has 1 N–H and O–H groups in total. The van der Waals surface area contributed by atoms with Gasteiger partial charge in [0, 0.05) is 23.3 Å². The molecule has 2 amide bonds. The number of nitrogens with zero attached hydrogens (tertiary/aromatic N) is 1. The lowest BCUT2D eigenvalue weighted by Gasteiger charge is -2.27. The summed E-state index contributed by atoms with van der Waals surface area (Å²) in [5.41, 5.74) is 2.88. The molecule has 150 valence electrons. The lowest BCUT2D eigenvalue weighted by Crippen LogP contribution is -2.39. The van der Waals surface area contributed by atoms with E-state index in [1.54, 1.807) is 29.2 Å². The Morgan fingerprint density at radius 2 is 1.59 bits per heavy atom. The summed E-state index contributed by atoms with van der Waals surface area (Å²) in [6.45, 7) is 5.04. The molecule has 0 fully saturated rings. The molecule has 3 aromatic rings. The molecule has 3 rings (SSSR count). The van der Waals surface area contributed by atoms with Gasteiger partial charge in [-0.1, -0.05) is 54.1 Å². The van der Waals surface area contributed by atoms with Crippen molar-refractivity contribution in [1.82, 2.24) is 4.90 Å². The van der Waals surface area contributed by atoms with Crippen molar-refractivity contribution in [2.75, 3.05) is 5.32 Å². The van der Waals surface area contributed by atoms with Crippen molar-refractivity contribution in [3.8, 4) is 5.75 Å². The largest absolute Gasteiger partial charge is 0.489 e. The highest BCUT2D eigenvalue weighted by Gasteiger charge is 2.17. The minimum absolute atomic E-state index is 0.0521. The summed E-state index contributed by atoms with van der Waals surface area (Å²) in [5.74, 6) is 0.805. The van der Waals surface area contributed by atoms with E-state index in [0.29, 0.717) is 18.2 Å². The number of ether oxygens (including phenoxy) is 1. The maximum Gasteiger partial charge on any atom is 0.322 e. The van der Waals surface area contributed by atoms with Gasteiger partial charge in [0.25, 0.3) is 0 Å². The number of hydrogen-bond acceptors (Lipinski definition) is 2. The first kappa shape index (κ1) is 20.7. The molecule has 29 heavy (non-hydrogen) atoms. The van der Waals surface area contributed by atoms with Crippen molar-refractivity contribution in [2.24, 2.45) is 0 Å². The van der Waals surface area contributed by atoms with Gasteiger partial charge in [-0.25, -0.2) is 4.79 Å². The summed E-state index contributed by atoms with van der Waals surface area (Å²) in [4.78, 5) is 14.5. The van der Waals surface area contributed by atoms with E-state index in [0.717, 1.165) is 22.6 Å². The maximum atomic E-state index is 12.7. The number of benzene rings is 3. The van der Waals surface area contributed by atoms with Gasteiger partial charge in [-0.2, -0.15) is 0 Å². The van der Waals surface area contributed by atoms with Gasteiger partial charge in [-0.3, -0.25) is 0 Å². The van der Waals surface area contributed by atoms with Crippen molar-refractivity contribution in [1.29, 1.82) is 0 Å². The summed E-state index contributed by atoms with van der Waals surface area (Å²) in [5, 5.41) is 3.56. The van der Waals surface area contributed by atoms with Crippen molar-refractivity contribution >= 4 is 23.3 Å². The Morgan fingerprint density at radius 3 is 2.21 bits per heavy atom. The van der Waals surface area contributed by atoms with Crippen LogP contribution in [-0.4, -0.2) is 17.0 Å². The van der Waals surface area contributed by atoms with E-state index in [2.05, 4.69) is 5.32 Å². The Labute approximate surface area is 177 Å². The quantitative estimate of drug-likeness (QED) is 0.494. The van der Waals surface area contributed by atoms with Crippen LogP contribution in [0.1, 0.15) is 25.0 Å². The van der Waals surface area contributed by atoms with E-state index < -0.39 is 0 Å². The molecular weight excluding hydrogens is 384 g/mol. The van der Waals surface area contributed by atoms with Crippen LogP contribution in [0.2, 0.25) is 5.02 Å². The second-order valence-corrected chi connectivity index (χ2v) is 7.51. The SMILES string of the molecule is CC(C)N(Cc1ccc(OCc2ccccc2)cc1)C(=O)Nc1ccc(Cl)cc1. The van der Waals surface area contributed by atoms with Crippen molar-refractivity contribution in [2.45, 2.75) is 33.0 Å². The van der Waals surface area contributed by atoms with Crippen molar-refractivity contribution in [3.63, 3.8) is 0 Å². The first-order valence-corrected chi connectivity index (χ1v) is 9.98. The van der Waals surface area contributed by atoms with E-state index in [-0.39, 0.29) is 12.1 Å². The number of halogens is 1. The number of anilines is 1. The Balaban J connectivity index is 1.59. The maximum absolute atomic E-state index is 12.7. The molecule has 0 aliphatic rings. The number of hydrogen-bond donors (Lipinski definition) is 1. The third-order valence-electron chi connectivity index (χ3n) is 4.50. The topological polar surface area (TPSA) is 41.6 Å². The summed E-state index contributed by atoms with van der Waals surface area (Å²) in [7, 11) is 0. The smallest absolute Gasteiger partial charge is 0.322 e. The normalized spacial score (nSPS) is 10.6. The van der Waals surface area contributed by atoms with Crippen LogP contribution in [0.15, 0.2) is 78.9 Å². The van der Waals surface area contributed by atoms with Gasteiger partial charge < -0.3 is 15.0 Å². The summed E-state index contributed by atoms with van der Waals surface area (Å²) in [6.07, 6.45) is 0. The molecule has 0 aromatic heterocycles. The lowest BCUT2D eigenvalue weighted by molar-refractivity contribution is 0.193. The van der Waals surface area contributed by atoms with Gasteiger partial charge in [0.1, 0.15) is 12.4 Å². The highest BCUT2D eigenvalue weighted by atomic mass is 35.5. The first-order valence-electron chi connectivity index (χ1n) is 9.60. The van der Waals surface area contributed by atoms with Gasteiger partial charge in [-0.15, -0.1) is 0 Å². The minimum atomic E-state index is -0.147. The van der Waals surface area contributed by atoms with Crippen LogP contribution >= 0.6 is 11.6 Å². The Hall–Kier alpha value is -2.98. The molecule has 0 bridgehead atoms. The number of carbonyl (C=O) groups excluding carboxylic acids is 1. The molecule has 0 saturated heterocycles. The van der Waals surface area contributed by atoms with E-state index in [4.69, 9.17) is 16.3 Å². The monoisotopic (exact) mass is 408 g/mol. The molecule has 4 nitrogen and oxygen atoms in total. The molecule has 0 aliphatic carbocycles. The molecule has 5 heteroatoms. The predicted octanol–water partition coefficient (Wildman–Crippen LogP) is 6.36. The van der Waals surface area contributed by atoms with Crippen LogP contribution in [0.25, 0.3) is 0 Å². The summed E-state index contributed by atoms with van der Waals surface area (Å²) < 4.78 is 5.83. The molecule has 0 radical (unpaired) electrons. The minimum Gasteiger partial charge on any atom is -0.489 e. The van der Waals surface area contributed by atoms with Crippen LogP contribution in [0, 0.1) is 0 Å². The zero-order chi connectivity index (χ0) is 20.6. The third kappa shape index (κ3) is 6.26. The van der Waals surface area contributed by atoms with Gasteiger partial charge in [-0.05, 0) is 61.4 Å². The Kier molecular flexibility index (Phi) is 7.14. The van der Waals surface area contributed by atoms with Crippen LogP contribution in [-0.2, 0) is 13.2 Å². The van der Waals surface area contributed by atoms with Crippen LogP contribution in [0.5, 0.6) is 5.75 Å². The molecule has 0 spiro atoms. The van der Waals surface area contributed by atoms with Crippen LogP contribution < -0.4 is 10.1 Å². The van der Waals surface area contributed by atoms with E-state index >= 15 is 0 Å². The predicted molar refractivity (Wildman–Crippen MR) is 118 cm³/mol. The zero-order valence-electron chi connectivity index (χ0n) is 16.6. The van der Waals surface area contributed by atoms with Crippen LogP contribution in [0.3, 0.4) is 0 Å². The van der Waals surface area contributed by atoms with Gasteiger partial charge >= 0.3 is 6.03 Å². The average molecular weight is 409 g/mol. The third-order valence-corrected chi connectivity index (χ3v) is 4.76. The Morgan fingerprint density at radius 1 is 0.931 bits per heavy atom. The van der Waals surface area contributed by atoms with E-state index in [9.17, 15) is 4.79 Å². The average Bonchev–Trinajstić information content (AvgIpc) is 2.73. The molecule has 0 atom stereocenters. The van der Waals surface area contributed by atoms with E-state index in [1.165, 1.54) is 0 Å². The Bertz CT molecular complexity index is 910. The number of amides is 2. The van der Waals surface area contributed by atoms with Gasteiger partial charge in [0.15, 0.2) is 0 Å². The first-order chi connectivity index (χ1) is 14.0. The lowest BCUT2D eigenvalue weighted by atomic mass is 10.2. The number of urea groups is 1. The molecule has 3 aromatic carbocycles. The molecule has 0 aliphatic heterocycles. The van der Waals surface area contributed by atoms with Crippen LogP contribution in [0.4, 0.5) is 10.5 Å². The fraction of sp³-hybridized carbons (Fsp3) is 0.208. The molecular formula is C24H25ClN2O2. The molecule has 0 heterocycles. The van der Waals surface area contributed by atoms with Crippen molar-refractivity contribution < 1.29 is 9.53 Å². The number of rotatable bonds is 7. The molecule has 0 saturated carbocycles. The van der Waals surface area contributed by atoms with Gasteiger partial charge in [0.2, 0.25) is 0 Å². The zero-order valence-corrected chi connectivity index (χ0v) is 17.4. The second kappa shape index (κ2) is 9.99. The fourth-order valence-electron chi connectivity index (χ4n) is 2.85. The standard InChI is InChI=1S/C24H25ClN2O2/c1-18(2)27(24(28)26-22-12-10-21(25)11-13-22)16-19-8-14-23(15-9-19)29-17-20-6-4-3-5-7-20/h3-15,18H,16-17H2,1-2H3,(H,26,28). The van der Waals surface area contributed by atoms with Crippen molar-refractivity contribution in [3.05, 3.63) is 95.0 Å². The van der Waals surface area contributed by atoms with Gasteiger partial charge in [0.05, 0.1) is 0 Å². The number of nitrogens with one attached hydrogen (secondary N) is 1. The number of carbonyl (C=O) groups is 1.